The van der Waals surface area contributed by atoms with Gasteiger partial charge in [0.1, 0.15) is 24.2 Å². The third-order valence-corrected chi connectivity index (χ3v) is 5.50. The molecule has 1 aromatic carbocycles. The average Bonchev–Trinajstić information content (AvgIpc) is 2.80. The van der Waals surface area contributed by atoms with E-state index in [9.17, 15) is 24.3 Å². The fraction of sp³-hybridized carbons (Fsp3) is 0.615. The number of carbonyl (C=O) groups is 4. The van der Waals surface area contributed by atoms with E-state index in [1.807, 2.05) is 32.9 Å². The number of methoxy groups -OCH3 is 1. The van der Waals surface area contributed by atoms with E-state index < -0.39 is 48.2 Å². The first-order valence-electron chi connectivity index (χ1n) is 12.2. The Morgan fingerprint density at radius 1 is 1.08 bits per heavy atom. The second-order valence-electron chi connectivity index (χ2n) is 9.66. The molecule has 36 heavy (non-hydrogen) atoms. The zero-order valence-corrected chi connectivity index (χ0v) is 22.5. The van der Waals surface area contributed by atoms with Crippen LogP contribution in [-0.2, 0) is 23.9 Å². The van der Waals surface area contributed by atoms with Crippen LogP contribution >= 0.6 is 0 Å². The number of aryl methyl sites for hydroxylation is 2. The summed E-state index contributed by atoms with van der Waals surface area (Å²) in [6.45, 7) is 10.0. The first-order chi connectivity index (χ1) is 16.8. The number of nitrogens with one attached hydrogen (secondary N) is 2. The molecule has 0 aromatic heterocycles. The van der Waals surface area contributed by atoms with Crippen molar-refractivity contribution in [2.24, 2.45) is 0 Å². The van der Waals surface area contributed by atoms with Crippen LogP contribution in [-0.4, -0.2) is 72.3 Å². The molecule has 0 bridgehead atoms. The molecule has 10 heteroatoms. The Kier molecular flexibility index (Phi) is 12.4. The second kappa shape index (κ2) is 14.4. The SMILES string of the molecule is CCCCCN(C(=O)C(CO)NC(=O)OC(C)(C)C)C(C(=O)NCC(=O)OC)c1ccc(C)c(C)c1. The fourth-order valence-electron chi connectivity index (χ4n) is 3.47. The lowest BCUT2D eigenvalue weighted by Crippen LogP contribution is -2.54. The number of hydrogen-bond donors (Lipinski definition) is 3. The number of carbonyl (C=O) groups excluding carboxylic acids is 4. The lowest BCUT2D eigenvalue weighted by molar-refractivity contribution is -0.145. The first kappa shape index (κ1) is 30.9. The number of nitrogens with zero attached hydrogens (tertiary/aromatic N) is 1. The monoisotopic (exact) mass is 507 g/mol. The number of hydrogen-bond acceptors (Lipinski definition) is 7. The Morgan fingerprint density at radius 2 is 1.75 bits per heavy atom. The molecule has 1 rings (SSSR count). The van der Waals surface area contributed by atoms with Gasteiger partial charge in [0.25, 0.3) is 0 Å². The van der Waals surface area contributed by atoms with Crippen LogP contribution in [0.15, 0.2) is 18.2 Å². The van der Waals surface area contributed by atoms with Crippen LogP contribution in [0.2, 0.25) is 0 Å². The smallest absolute Gasteiger partial charge is 0.408 e. The topological polar surface area (TPSA) is 134 Å². The zero-order valence-electron chi connectivity index (χ0n) is 22.5. The maximum atomic E-state index is 13.7. The molecule has 0 radical (unpaired) electrons. The summed E-state index contributed by atoms with van der Waals surface area (Å²) in [7, 11) is 1.21. The normalized spacial score (nSPS) is 12.8. The van der Waals surface area contributed by atoms with Gasteiger partial charge in [-0.05, 0) is 57.7 Å². The van der Waals surface area contributed by atoms with E-state index in [1.165, 1.54) is 12.0 Å². The van der Waals surface area contributed by atoms with Crippen LogP contribution < -0.4 is 10.6 Å². The molecule has 1 aromatic rings. The van der Waals surface area contributed by atoms with Crippen molar-refractivity contribution in [1.29, 1.82) is 0 Å². The van der Waals surface area contributed by atoms with Crippen molar-refractivity contribution < 1.29 is 33.8 Å². The number of ether oxygens (including phenoxy) is 2. The highest BCUT2D eigenvalue weighted by Crippen LogP contribution is 2.25. The average molecular weight is 508 g/mol. The quantitative estimate of drug-likeness (QED) is 0.292. The molecule has 2 atom stereocenters. The summed E-state index contributed by atoms with van der Waals surface area (Å²) in [5.74, 6) is -1.86. The first-order valence-corrected chi connectivity index (χ1v) is 12.2. The van der Waals surface area contributed by atoms with Crippen molar-refractivity contribution in [1.82, 2.24) is 15.5 Å². The molecule has 2 unspecified atom stereocenters. The van der Waals surface area contributed by atoms with E-state index in [-0.39, 0.29) is 13.1 Å². The standard InChI is InChI=1S/C26H41N3O7/c1-8-9-10-13-29(24(33)20(16-30)28-25(34)36-26(4,5)6)22(23(32)27-15-21(31)35-7)19-12-11-17(2)18(3)14-19/h11-12,14,20,22,30H,8-10,13,15-16H2,1-7H3,(H,27,32)(H,28,34). The molecule has 0 saturated carbocycles. The molecule has 202 valence electrons. The highest BCUT2D eigenvalue weighted by Gasteiger charge is 2.36. The highest BCUT2D eigenvalue weighted by atomic mass is 16.6. The van der Waals surface area contributed by atoms with Gasteiger partial charge in [-0.2, -0.15) is 0 Å². The van der Waals surface area contributed by atoms with Crippen LogP contribution in [0.4, 0.5) is 4.79 Å². The lowest BCUT2D eigenvalue weighted by atomic mass is 9.98. The minimum Gasteiger partial charge on any atom is -0.468 e. The molecule has 3 amide bonds. The molecule has 0 heterocycles. The van der Waals surface area contributed by atoms with Gasteiger partial charge in [-0.1, -0.05) is 38.0 Å². The van der Waals surface area contributed by atoms with Gasteiger partial charge in [-0.3, -0.25) is 14.4 Å². The maximum Gasteiger partial charge on any atom is 0.408 e. The van der Waals surface area contributed by atoms with Crippen molar-refractivity contribution in [3.05, 3.63) is 34.9 Å². The molecule has 0 saturated heterocycles. The van der Waals surface area contributed by atoms with Gasteiger partial charge in [0, 0.05) is 6.54 Å². The van der Waals surface area contributed by atoms with Crippen molar-refractivity contribution in [3.63, 3.8) is 0 Å². The predicted octanol–water partition coefficient (Wildman–Crippen LogP) is 2.54. The Morgan fingerprint density at radius 3 is 2.28 bits per heavy atom. The van der Waals surface area contributed by atoms with Crippen LogP contribution in [0.1, 0.15) is 69.7 Å². The number of aliphatic hydroxyl groups excluding tert-OH is 1. The number of alkyl carbamates (subject to hydrolysis) is 1. The van der Waals surface area contributed by atoms with Crippen molar-refractivity contribution in [2.45, 2.75) is 78.5 Å². The van der Waals surface area contributed by atoms with E-state index in [1.54, 1.807) is 26.8 Å². The molecular weight excluding hydrogens is 466 g/mol. The number of rotatable bonds is 12. The number of esters is 1. The predicted molar refractivity (Wildman–Crippen MR) is 135 cm³/mol. The third kappa shape index (κ3) is 9.85. The Labute approximate surface area is 213 Å². The van der Waals surface area contributed by atoms with E-state index in [2.05, 4.69) is 15.4 Å². The molecule has 0 spiro atoms. The summed E-state index contributed by atoms with van der Waals surface area (Å²) in [6, 6.07) is 2.98. The summed E-state index contributed by atoms with van der Waals surface area (Å²) in [5.41, 5.74) is 1.67. The van der Waals surface area contributed by atoms with Gasteiger partial charge in [0.05, 0.1) is 13.7 Å². The van der Waals surface area contributed by atoms with Crippen LogP contribution in [0.5, 0.6) is 0 Å². The molecule has 0 fully saturated rings. The van der Waals surface area contributed by atoms with Gasteiger partial charge >= 0.3 is 12.1 Å². The van der Waals surface area contributed by atoms with Crippen molar-refractivity contribution in [2.75, 3.05) is 26.8 Å². The minimum absolute atomic E-state index is 0.197. The fourth-order valence-corrected chi connectivity index (χ4v) is 3.47. The molecule has 3 N–H and O–H groups in total. The van der Waals surface area contributed by atoms with Gasteiger partial charge < -0.3 is 30.1 Å². The molecule has 0 aliphatic rings. The Hall–Kier alpha value is -3.14. The minimum atomic E-state index is -1.33. The van der Waals surface area contributed by atoms with Crippen LogP contribution in [0.25, 0.3) is 0 Å². The van der Waals surface area contributed by atoms with Gasteiger partial charge in [-0.25, -0.2) is 4.79 Å². The molecule has 10 nitrogen and oxygen atoms in total. The maximum absolute atomic E-state index is 13.7. The zero-order chi connectivity index (χ0) is 27.5. The van der Waals surface area contributed by atoms with E-state index in [0.29, 0.717) is 12.0 Å². The summed E-state index contributed by atoms with van der Waals surface area (Å²) in [6.07, 6.45) is 1.42. The molecule has 0 aliphatic carbocycles. The van der Waals surface area contributed by atoms with Gasteiger partial charge in [0.2, 0.25) is 11.8 Å². The van der Waals surface area contributed by atoms with Crippen LogP contribution in [0.3, 0.4) is 0 Å². The summed E-state index contributed by atoms with van der Waals surface area (Å²) >= 11 is 0. The van der Waals surface area contributed by atoms with E-state index >= 15 is 0 Å². The second-order valence-corrected chi connectivity index (χ2v) is 9.66. The van der Waals surface area contributed by atoms with Crippen LogP contribution in [0, 0.1) is 13.8 Å². The third-order valence-electron chi connectivity index (χ3n) is 5.50. The Bertz CT molecular complexity index is 911. The number of benzene rings is 1. The summed E-state index contributed by atoms with van der Waals surface area (Å²) in [5, 5.41) is 14.9. The number of aliphatic hydroxyl groups is 1. The lowest BCUT2D eigenvalue weighted by Gasteiger charge is -2.34. The summed E-state index contributed by atoms with van der Waals surface area (Å²) in [4.78, 5) is 52.4. The van der Waals surface area contributed by atoms with Crippen molar-refractivity contribution in [3.8, 4) is 0 Å². The van der Waals surface area contributed by atoms with Gasteiger partial charge in [-0.15, -0.1) is 0 Å². The summed E-state index contributed by atoms with van der Waals surface area (Å²) < 4.78 is 9.85. The highest BCUT2D eigenvalue weighted by molar-refractivity contribution is 5.93. The van der Waals surface area contributed by atoms with E-state index in [4.69, 9.17) is 4.74 Å². The number of amides is 3. The molecular formula is C26H41N3O7. The Balaban J connectivity index is 3.43. The van der Waals surface area contributed by atoms with Gasteiger partial charge in [0.15, 0.2) is 0 Å². The van der Waals surface area contributed by atoms with Crippen molar-refractivity contribution >= 4 is 23.9 Å². The van der Waals surface area contributed by atoms with E-state index in [0.717, 1.165) is 24.0 Å². The largest absolute Gasteiger partial charge is 0.468 e. The number of unbranched alkanes of at least 4 members (excludes halogenated alkanes) is 2. The molecule has 0 aliphatic heterocycles.